The van der Waals surface area contributed by atoms with Crippen molar-refractivity contribution in [2.75, 3.05) is 27.2 Å². The molecule has 5 nitrogen and oxygen atoms in total. The van der Waals surface area contributed by atoms with Crippen LogP contribution in [0.5, 0.6) is 5.75 Å². The molecule has 0 saturated heterocycles. The molecule has 4 rings (SSSR count). The quantitative estimate of drug-likeness (QED) is 0.405. The molecular weight excluding hydrogens is 406 g/mol. The number of rotatable bonds is 9. The van der Waals surface area contributed by atoms with E-state index in [4.69, 9.17) is 4.74 Å². The first-order chi connectivity index (χ1) is 15.1. The first kappa shape index (κ1) is 21.2. The number of benzene rings is 2. The number of ether oxygens (including phenoxy) is 1. The second-order valence-electron chi connectivity index (χ2n) is 7.72. The van der Waals surface area contributed by atoms with Crippen LogP contribution < -0.4 is 10.1 Å². The Labute approximate surface area is 186 Å². The van der Waals surface area contributed by atoms with Crippen LogP contribution in [0.4, 0.5) is 0 Å². The van der Waals surface area contributed by atoms with Crippen molar-refractivity contribution in [3.05, 3.63) is 88.2 Å². The number of H-pyrrole nitrogens is 1. The number of hydrogen-bond acceptors (Lipinski definition) is 4. The molecule has 0 spiro atoms. The number of likely N-dealkylation sites (N-methyl/N-ethyl adjacent to an activating group) is 1. The fraction of sp³-hybridized carbons (Fsp3) is 0.240. The van der Waals surface area contributed by atoms with Gasteiger partial charge in [0.05, 0.1) is 13.7 Å². The van der Waals surface area contributed by atoms with Crippen LogP contribution in [0.15, 0.2) is 71.6 Å². The molecule has 1 amide bonds. The molecule has 0 aliphatic rings. The van der Waals surface area contributed by atoms with Gasteiger partial charge in [0, 0.05) is 36.1 Å². The summed E-state index contributed by atoms with van der Waals surface area (Å²) in [6.45, 7) is 1.65. The summed E-state index contributed by atoms with van der Waals surface area (Å²) in [4.78, 5) is 18.1. The van der Waals surface area contributed by atoms with Crippen molar-refractivity contribution in [1.29, 1.82) is 0 Å². The molecule has 0 radical (unpaired) electrons. The monoisotopic (exact) mass is 433 g/mol. The number of carbonyl (C=O) groups is 1. The number of carbonyl (C=O) groups excluding carboxylic acids is 1. The van der Waals surface area contributed by atoms with Gasteiger partial charge in [-0.2, -0.15) is 11.3 Å². The van der Waals surface area contributed by atoms with Crippen molar-refractivity contribution in [3.63, 3.8) is 0 Å². The highest BCUT2D eigenvalue weighted by Crippen LogP contribution is 2.31. The average molecular weight is 434 g/mol. The Hall–Kier alpha value is -3.09. The maximum Gasteiger partial charge on any atom is 0.234 e. The van der Waals surface area contributed by atoms with Gasteiger partial charge in [-0.15, -0.1) is 0 Å². The Morgan fingerprint density at radius 3 is 2.71 bits per heavy atom. The predicted octanol–water partition coefficient (Wildman–Crippen LogP) is 4.62. The zero-order valence-electron chi connectivity index (χ0n) is 17.8. The molecule has 0 fully saturated rings. The number of nitrogens with zero attached hydrogens (tertiary/aromatic N) is 1. The molecule has 0 aliphatic heterocycles. The number of para-hydroxylation sites is 1. The highest BCUT2D eigenvalue weighted by molar-refractivity contribution is 7.07. The minimum Gasteiger partial charge on any atom is -0.497 e. The topological polar surface area (TPSA) is 57.4 Å². The van der Waals surface area contributed by atoms with Crippen LogP contribution in [-0.4, -0.2) is 43.0 Å². The maximum atomic E-state index is 12.7. The standard InChI is InChI=1S/C25H27N3O2S/c1-28(15-18-11-12-31-17-18)16-25(29)27-13-22(19-7-9-20(30-2)10-8-19)23-14-26-24-6-4-3-5-21(23)24/h3-12,14,17,22,26H,13,15-16H2,1-2H3,(H,27,29). The zero-order valence-corrected chi connectivity index (χ0v) is 18.6. The second kappa shape index (κ2) is 9.81. The summed E-state index contributed by atoms with van der Waals surface area (Å²) in [5.41, 5.74) is 4.64. The fourth-order valence-corrected chi connectivity index (χ4v) is 4.55. The minimum absolute atomic E-state index is 0.0242. The highest BCUT2D eigenvalue weighted by Gasteiger charge is 2.19. The lowest BCUT2D eigenvalue weighted by Crippen LogP contribution is -2.37. The molecule has 1 unspecified atom stereocenters. The lowest BCUT2D eigenvalue weighted by molar-refractivity contribution is -0.122. The van der Waals surface area contributed by atoms with Gasteiger partial charge < -0.3 is 15.0 Å². The highest BCUT2D eigenvalue weighted by atomic mass is 32.1. The molecule has 31 heavy (non-hydrogen) atoms. The lowest BCUT2D eigenvalue weighted by Gasteiger charge is -2.20. The van der Waals surface area contributed by atoms with Gasteiger partial charge in [-0.1, -0.05) is 30.3 Å². The van der Waals surface area contributed by atoms with Crippen LogP contribution in [0.25, 0.3) is 10.9 Å². The van der Waals surface area contributed by atoms with E-state index in [1.165, 1.54) is 16.5 Å². The summed E-state index contributed by atoms with van der Waals surface area (Å²) in [5.74, 6) is 0.879. The van der Waals surface area contributed by atoms with E-state index in [0.717, 1.165) is 23.4 Å². The van der Waals surface area contributed by atoms with Crippen molar-refractivity contribution < 1.29 is 9.53 Å². The number of aromatic nitrogens is 1. The minimum atomic E-state index is 0.0242. The van der Waals surface area contributed by atoms with E-state index in [1.54, 1.807) is 18.4 Å². The summed E-state index contributed by atoms with van der Waals surface area (Å²) < 4.78 is 5.31. The van der Waals surface area contributed by atoms with Crippen molar-refractivity contribution in [3.8, 4) is 5.75 Å². The normalized spacial score (nSPS) is 12.2. The van der Waals surface area contributed by atoms with Crippen LogP contribution in [0.1, 0.15) is 22.6 Å². The van der Waals surface area contributed by atoms with Gasteiger partial charge in [-0.05, 0) is 58.8 Å². The molecule has 2 N–H and O–H groups in total. The van der Waals surface area contributed by atoms with Crippen LogP contribution in [0, 0.1) is 0 Å². The van der Waals surface area contributed by atoms with E-state index in [9.17, 15) is 4.79 Å². The van der Waals surface area contributed by atoms with E-state index in [0.29, 0.717) is 13.1 Å². The van der Waals surface area contributed by atoms with Gasteiger partial charge in [-0.25, -0.2) is 0 Å². The van der Waals surface area contributed by atoms with Crippen LogP contribution >= 0.6 is 11.3 Å². The number of methoxy groups -OCH3 is 1. The van der Waals surface area contributed by atoms with Crippen LogP contribution in [0.3, 0.4) is 0 Å². The summed E-state index contributed by atoms with van der Waals surface area (Å²) in [5, 5.41) is 8.50. The van der Waals surface area contributed by atoms with E-state index in [2.05, 4.69) is 57.6 Å². The molecule has 0 saturated carbocycles. The van der Waals surface area contributed by atoms with Crippen molar-refractivity contribution >= 4 is 28.1 Å². The van der Waals surface area contributed by atoms with Gasteiger partial charge in [0.25, 0.3) is 0 Å². The molecule has 1 atom stereocenters. The Morgan fingerprint density at radius 1 is 1.16 bits per heavy atom. The van der Waals surface area contributed by atoms with E-state index in [-0.39, 0.29) is 11.8 Å². The Bertz CT molecular complexity index is 1120. The summed E-state index contributed by atoms with van der Waals surface area (Å²) in [6.07, 6.45) is 2.05. The van der Waals surface area contributed by atoms with Crippen LogP contribution in [0.2, 0.25) is 0 Å². The van der Waals surface area contributed by atoms with Crippen molar-refractivity contribution in [1.82, 2.24) is 15.2 Å². The fourth-order valence-electron chi connectivity index (χ4n) is 3.89. The number of aromatic amines is 1. The number of fused-ring (bicyclic) bond motifs is 1. The average Bonchev–Trinajstić information content (AvgIpc) is 3.44. The third-order valence-electron chi connectivity index (χ3n) is 5.46. The first-order valence-electron chi connectivity index (χ1n) is 10.3. The number of hydrogen-bond donors (Lipinski definition) is 2. The summed E-state index contributed by atoms with van der Waals surface area (Å²) in [7, 11) is 3.64. The van der Waals surface area contributed by atoms with Crippen molar-refractivity contribution in [2.24, 2.45) is 0 Å². The molecule has 160 valence electrons. The molecule has 6 heteroatoms. The second-order valence-corrected chi connectivity index (χ2v) is 8.50. The van der Waals surface area contributed by atoms with Crippen molar-refractivity contribution in [2.45, 2.75) is 12.5 Å². The van der Waals surface area contributed by atoms with E-state index < -0.39 is 0 Å². The van der Waals surface area contributed by atoms with Gasteiger partial charge >= 0.3 is 0 Å². The first-order valence-corrected chi connectivity index (χ1v) is 11.2. The van der Waals surface area contributed by atoms with E-state index in [1.807, 2.05) is 36.2 Å². The van der Waals surface area contributed by atoms with Gasteiger partial charge in [0.2, 0.25) is 5.91 Å². The van der Waals surface area contributed by atoms with E-state index >= 15 is 0 Å². The number of nitrogens with one attached hydrogen (secondary N) is 2. The summed E-state index contributed by atoms with van der Waals surface area (Å²) >= 11 is 1.68. The zero-order chi connectivity index (χ0) is 21.6. The Kier molecular flexibility index (Phi) is 6.70. The Morgan fingerprint density at radius 2 is 1.97 bits per heavy atom. The SMILES string of the molecule is COc1ccc(C(CNC(=O)CN(C)Cc2ccsc2)c2c[nH]c3ccccc23)cc1. The molecule has 0 aliphatic carbocycles. The Balaban J connectivity index is 1.49. The van der Waals surface area contributed by atoms with Gasteiger partial charge in [0.15, 0.2) is 0 Å². The largest absolute Gasteiger partial charge is 0.497 e. The molecule has 2 aromatic carbocycles. The molecule has 2 aromatic heterocycles. The smallest absolute Gasteiger partial charge is 0.234 e. The molecule has 0 bridgehead atoms. The molecule has 2 heterocycles. The van der Waals surface area contributed by atoms with Gasteiger partial charge in [-0.3, -0.25) is 9.69 Å². The number of thiophene rings is 1. The molecular formula is C25H27N3O2S. The van der Waals surface area contributed by atoms with Crippen LogP contribution in [-0.2, 0) is 11.3 Å². The number of amides is 1. The van der Waals surface area contributed by atoms with Gasteiger partial charge in [0.1, 0.15) is 5.75 Å². The summed E-state index contributed by atoms with van der Waals surface area (Å²) in [6, 6.07) is 18.4. The third-order valence-corrected chi connectivity index (χ3v) is 6.20. The molecule has 4 aromatic rings. The third kappa shape index (κ3) is 5.16. The predicted molar refractivity (Wildman–Crippen MR) is 127 cm³/mol. The maximum absolute atomic E-state index is 12.7. The lowest BCUT2D eigenvalue weighted by atomic mass is 9.90.